The minimum Gasteiger partial charge on any atom is -0.454 e. The van der Waals surface area contributed by atoms with E-state index in [4.69, 9.17) is 9.47 Å². The Labute approximate surface area is 228 Å². The minimum atomic E-state index is -3.74. The number of nitrogens with zero attached hydrogens (tertiary/aromatic N) is 1. The highest BCUT2D eigenvalue weighted by atomic mass is 32.2. The van der Waals surface area contributed by atoms with E-state index in [0.717, 1.165) is 12.0 Å². The van der Waals surface area contributed by atoms with Crippen LogP contribution in [0.5, 0.6) is 11.5 Å². The molecule has 2 aliphatic rings. The number of carbonyl (C=O) groups is 2. The number of ether oxygens (including phenoxy) is 2. The molecule has 0 aliphatic carbocycles. The summed E-state index contributed by atoms with van der Waals surface area (Å²) in [5.41, 5.74) is 1.62. The van der Waals surface area contributed by atoms with Crippen LogP contribution in [0.2, 0.25) is 0 Å². The van der Waals surface area contributed by atoms with Crippen molar-refractivity contribution in [3.8, 4) is 11.5 Å². The molecule has 2 atom stereocenters. The molecule has 204 valence electrons. The highest BCUT2D eigenvalue weighted by molar-refractivity contribution is 7.89. The van der Waals surface area contributed by atoms with Crippen molar-refractivity contribution in [2.75, 3.05) is 25.2 Å². The van der Waals surface area contributed by atoms with Crippen LogP contribution in [0.15, 0.2) is 71.6 Å². The summed E-state index contributed by atoms with van der Waals surface area (Å²) in [6.07, 6.45) is 0.984. The van der Waals surface area contributed by atoms with Crippen LogP contribution in [0.25, 0.3) is 0 Å². The molecule has 0 saturated carbocycles. The van der Waals surface area contributed by atoms with Gasteiger partial charge in [0.2, 0.25) is 16.8 Å². The molecule has 9 nitrogen and oxygen atoms in total. The maximum atomic E-state index is 13.3. The molecule has 1 fully saturated rings. The van der Waals surface area contributed by atoms with Crippen molar-refractivity contribution in [2.45, 2.75) is 31.7 Å². The van der Waals surface area contributed by atoms with Gasteiger partial charge in [0.1, 0.15) is 0 Å². The van der Waals surface area contributed by atoms with Gasteiger partial charge in [-0.25, -0.2) is 8.42 Å². The van der Waals surface area contributed by atoms with E-state index in [1.807, 2.05) is 26.0 Å². The lowest BCUT2D eigenvalue weighted by Crippen LogP contribution is -2.42. The first-order valence-corrected chi connectivity index (χ1v) is 14.3. The summed E-state index contributed by atoms with van der Waals surface area (Å²) in [5, 5.41) is 5.63. The van der Waals surface area contributed by atoms with Crippen LogP contribution in [0.1, 0.15) is 46.5 Å². The van der Waals surface area contributed by atoms with Crippen LogP contribution in [0, 0.1) is 11.8 Å². The van der Waals surface area contributed by atoms with Crippen LogP contribution < -0.4 is 20.1 Å². The Morgan fingerprint density at radius 2 is 1.64 bits per heavy atom. The molecule has 0 aromatic heterocycles. The topological polar surface area (TPSA) is 114 Å². The predicted octanol–water partition coefficient (Wildman–Crippen LogP) is 4.26. The Morgan fingerprint density at radius 1 is 0.897 bits per heavy atom. The number of nitrogens with one attached hydrogen (secondary N) is 2. The molecular weight excluding hydrogens is 518 g/mol. The van der Waals surface area contributed by atoms with E-state index >= 15 is 0 Å². The maximum Gasteiger partial charge on any atom is 0.255 e. The van der Waals surface area contributed by atoms with E-state index in [1.54, 1.807) is 42.5 Å². The second-order valence-corrected chi connectivity index (χ2v) is 12.1. The Balaban J connectivity index is 1.29. The first-order chi connectivity index (χ1) is 18.7. The van der Waals surface area contributed by atoms with Gasteiger partial charge in [-0.2, -0.15) is 4.31 Å². The summed E-state index contributed by atoms with van der Waals surface area (Å²) in [6, 6.07) is 18.1. The van der Waals surface area contributed by atoms with Gasteiger partial charge in [-0.05, 0) is 66.3 Å². The van der Waals surface area contributed by atoms with E-state index in [1.165, 1.54) is 16.4 Å². The lowest BCUT2D eigenvalue weighted by Gasteiger charge is -2.34. The number of para-hydroxylation sites is 1. The average Bonchev–Trinajstić information content (AvgIpc) is 3.39. The second kappa shape index (κ2) is 11.1. The molecule has 3 aromatic carbocycles. The first-order valence-electron chi connectivity index (χ1n) is 12.9. The van der Waals surface area contributed by atoms with Crippen LogP contribution in [0.4, 0.5) is 5.69 Å². The number of anilines is 1. The van der Waals surface area contributed by atoms with Gasteiger partial charge in [0.05, 0.1) is 16.1 Å². The molecule has 2 N–H and O–H groups in total. The lowest BCUT2D eigenvalue weighted by atomic mass is 9.94. The first kappa shape index (κ1) is 26.7. The van der Waals surface area contributed by atoms with E-state index in [2.05, 4.69) is 10.6 Å². The fraction of sp³-hybridized carbons (Fsp3) is 0.310. The maximum absolute atomic E-state index is 13.3. The Bertz CT molecular complexity index is 1500. The van der Waals surface area contributed by atoms with Crippen molar-refractivity contribution in [1.29, 1.82) is 0 Å². The summed E-state index contributed by atoms with van der Waals surface area (Å²) in [5.74, 6) is 0.945. The van der Waals surface area contributed by atoms with Crippen molar-refractivity contribution < 1.29 is 27.5 Å². The molecule has 10 heteroatoms. The molecule has 2 amide bonds. The van der Waals surface area contributed by atoms with Gasteiger partial charge in [0.25, 0.3) is 11.8 Å². The average molecular weight is 550 g/mol. The zero-order valence-corrected chi connectivity index (χ0v) is 22.7. The standard InChI is InChI=1S/C29H31N3O6S/c1-19-12-20(2)17-32(16-19)39(35,36)23-7-5-6-22(14-23)28(33)31-25-9-4-3-8-24(25)29(34)30-15-21-10-11-26-27(13-21)38-18-37-26/h3-11,13-14,19-20H,12,15-18H2,1-2H3,(H,30,34)(H,31,33). The zero-order valence-electron chi connectivity index (χ0n) is 21.8. The fourth-order valence-corrected chi connectivity index (χ4v) is 6.79. The predicted molar refractivity (Wildman–Crippen MR) is 146 cm³/mol. The third-order valence-corrected chi connectivity index (χ3v) is 8.71. The number of fused-ring (bicyclic) bond motifs is 1. The van der Waals surface area contributed by atoms with E-state index in [0.29, 0.717) is 30.3 Å². The number of benzene rings is 3. The van der Waals surface area contributed by atoms with Gasteiger partial charge >= 0.3 is 0 Å². The zero-order chi connectivity index (χ0) is 27.6. The molecule has 2 unspecified atom stereocenters. The Morgan fingerprint density at radius 3 is 2.44 bits per heavy atom. The molecule has 39 heavy (non-hydrogen) atoms. The number of hydrogen-bond acceptors (Lipinski definition) is 6. The molecule has 3 aromatic rings. The molecule has 0 radical (unpaired) electrons. The molecule has 1 saturated heterocycles. The smallest absolute Gasteiger partial charge is 0.255 e. The fourth-order valence-electron chi connectivity index (χ4n) is 5.06. The molecule has 0 spiro atoms. The second-order valence-electron chi connectivity index (χ2n) is 10.2. The molecule has 5 rings (SSSR count). The van der Waals surface area contributed by atoms with Crippen molar-refractivity contribution in [3.63, 3.8) is 0 Å². The summed E-state index contributed by atoms with van der Waals surface area (Å²) < 4.78 is 38.9. The van der Waals surface area contributed by atoms with Gasteiger partial charge in [0.15, 0.2) is 11.5 Å². The third-order valence-electron chi connectivity index (χ3n) is 6.88. The van der Waals surface area contributed by atoms with Gasteiger partial charge in [0, 0.05) is 25.2 Å². The quantitative estimate of drug-likeness (QED) is 0.455. The largest absolute Gasteiger partial charge is 0.454 e. The number of rotatable bonds is 7. The molecule has 2 aliphatic heterocycles. The van der Waals surface area contributed by atoms with Crippen molar-refractivity contribution in [2.24, 2.45) is 11.8 Å². The Kier molecular flexibility index (Phi) is 7.58. The highest BCUT2D eigenvalue weighted by Crippen LogP contribution is 2.32. The summed E-state index contributed by atoms with van der Waals surface area (Å²) in [6.45, 7) is 5.43. The number of hydrogen-bond donors (Lipinski definition) is 2. The van der Waals surface area contributed by atoms with Crippen molar-refractivity contribution in [3.05, 3.63) is 83.4 Å². The summed E-state index contributed by atoms with van der Waals surface area (Å²) >= 11 is 0. The molecule has 2 heterocycles. The third kappa shape index (κ3) is 5.91. The van der Waals surface area contributed by atoms with Crippen molar-refractivity contribution >= 4 is 27.5 Å². The van der Waals surface area contributed by atoms with E-state index < -0.39 is 15.9 Å². The SMILES string of the molecule is CC1CC(C)CN(S(=O)(=O)c2cccc(C(=O)Nc3ccccc3C(=O)NCc3ccc4c(c3)OCO4)c2)C1. The normalized spacial score (nSPS) is 18.9. The number of sulfonamides is 1. The Hall–Kier alpha value is -3.89. The van der Waals surface area contributed by atoms with Crippen molar-refractivity contribution in [1.82, 2.24) is 9.62 Å². The van der Waals surface area contributed by atoms with Gasteiger partial charge in [-0.15, -0.1) is 0 Å². The van der Waals surface area contributed by atoms with Crippen LogP contribution in [0.3, 0.4) is 0 Å². The van der Waals surface area contributed by atoms with Gasteiger partial charge in [-0.3, -0.25) is 9.59 Å². The number of amides is 2. The van der Waals surface area contributed by atoms with Gasteiger partial charge < -0.3 is 20.1 Å². The highest BCUT2D eigenvalue weighted by Gasteiger charge is 2.32. The molecule has 0 bridgehead atoms. The summed E-state index contributed by atoms with van der Waals surface area (Å²) in [7, 11) is -3.74. The van der Waals surface area contributed by atoms with E-state index in [-0.39, 0.29) is 47.1 Å². The van der Waals surface area contributed by atoms with Crippen LogP contribution in [-0.4, -0.2) is 44.4 Å². The van der Waals surface area contributed by atoms with E-state index in [9.17, 15) is 18.0 Å². The number of piperidine rings is 1. The minimum absolute atomic E-state index is 0.0752. The monoisotopic (exact) mass is 549 g/mol. The van der Waals surface area contributed by atoms with Gasteiger partial charge in [-0.1, -0.05) is 38.1 Å². The van der Waals surface area contributed by atoms with Crippen LogP contribution in [-0.2, 0) is 16.6 Å². The molecular formula is C29H31N3O6S. The number of carbonyl (C=O) groups excluding carboxylic acids is 2. The lowest BCUT2D eigenvalue weighted by molar-refractivity contribution is 0.0951. The summed E-state index contributed by atoms with van der Waals surface area (Å²) in [4.78, 5) is 26.2. The van der Waals surface area contributed by atoms with Crippen LogP contribution >= 0.6 is 0 Å².